The molecule has 0 spiro atoms. The predicted molar refractivity (Wildman–Crippen MR) is 120 cm³/mol. The molecule has 0 bridgehead atoms. The van der Waals surface area contributed by atoms with Crippen molar-refractivity contribution in [2.45, 2.75) is 0 Å². The minimum Gasteiger partial charge on any atom is -0.497 e. The number of thiophene rings is 1. The highest BCUT2D eigenvalue weighted by atomic mass is 35.5. The molecule has 0 saturated heterocycles. The van der Waals surface area contributed by atoms with Crippen LogP contribution in [0.4, 0.5) is 4.39 Å². The SMILES string of the molecule is COc1ccc(Cl)c(-c2cc3[nH]c(=O)n(-c4cncc5c(F)cccc45)c(=O)c3s2)c1. The first kappa shape index (κ1) is 19.5. The summed E-state index contributed by atoms with van der Waals surface area (Å²) in [6.07, 6.45) is 2.73. The lowest BCUT2D eigenvalue weighted by Gasteiger charge is -2.08. The molecule has 6 nitrogen and oxygen atoms in total. The third kappa shape index (κ3) is 3.11. The van der Waals surface area contributed by atoms with E-state index in [9.17, 15) is 14.0 Å². The average molecular weight is 454 g/mol. The Balaban J connectivity index is 1.78. The number of rotatable bonds is 3. The topological polar surface area (TPSA) is 77.0 Å². The Kier molecular flexibility index (Phi) is 4.60. The summed E-state index contributed by atoms with van der Waals surface area (Å²) in [5.74, 6) is 0.134. The van der Waals surface area contributed by atoms with Crippen LogP contribution < -0.4 is 16.0 Å². The summed E-state index contributed by atoms with van der Waals surface area (Å²) >= 11 is 7.54. The van der Waals surface area contributed by atoms with Gasteiger partial charge in [0.05, 0.1) is 24.5 Å². The molecule has 3 heterocycles. The Labute approximate surface area is 183 Å². The molecule has 5 aromatic rings. The number of hydrogen-bond acceptors (Lipinski definition) is 5. The van der Waals surface area contributed by atoms with Crippen LogP contribution in [-0.2, 0) is 0 Å². The summed E-state index contributed by atoms with van der Waals surface area (Å²) in [7, 11) is 1.55. The van der Waals surface area contributed by atoms with E-state index >= 15 is 0 Å². The first-order valence-electron chi connectivity index (χ1n) is 9.13. The Morgan fingerprint density at radius 2 is 1.97 bits per heavy atom. The van der Waals surface area contributed by atoms with Crippen molar-refractivity contribution in [3.8, 4) is 21.9 Å². The summed E-state index contributed by atoms with van der Waals surface area (Å²) in [5, 5.41) is 1.12. The molecule has 0 saturated carbocycles. The molecule has 2 aromatic carbocycles. The van der Waals surface area contributed by atoms with Gasteiger partial charge in [0.2, 0.25) is 0 Å². The fourth-order valence-electron chi connectivity index (χ4n) is 3.50. The number of ether oxygens (including phenoxy) is 1. The van der Waals surface area contributed by atoms with Crippen LogP contribution in [-0.4, -0.2) is 21.6 Å². The van der Waals surface area contributed by atoms with Crippen LogP contribution in [0.1, 0.15) is 0 Å². The lowest BCUT2D eigenvalue weighted by molar-refractivity contribution is 0.415. The van der Waals surface area contributed by atoms with Gasteiger partial charge in [-0.15, -0.1) is 11.3 Å². The molecule has 154 valence electrons. The minimum atomic E-state index is -0.642. The second kappa shape index (κ2) is 7.33. The highest BCUT2D eigenvalue weighted by Crippen LogP contribution is 2.37. The molecule has 0 fully saturated rings. The monoisotopic (exact) mass is 453 g/mol. The van der Waals surface area contributed by atoms with Crippen molar-refractivity contribution in [3.05, 3.63) is 86.5 Å². The second-order valence-electron chi connectivity index (χ2n) is 6.76. The zero-order valence-electron chi connectivity index (χ0n) is 16.0. The van der Waals surface area contributed by atoms with Gasteiger partial charge in [0, 0.05) is 32.4 Å². The predicted octanol–water partition coefficient (Wildman–Crippen LogP) is 4.76. The van der Waals surface area contributed by atoms with Gasteiger partial charge in [-0.25, -0.2) is 13.8 Å². The lowest BCUT2D eigenvalue weighted by Crippen LogP contribution is -2.33. The van der Waals surface area contributed by atoms with Gasteiger partial charge < -0.3 is 9.72 Å². The molecule has 1 N–H and O–H groups in total. The molecule has 0 radical (unpaired) electrons. The third-order valence-electron chi connectivity index (χ3n) is 4.98. The molecule has 0 aliphatic heterocycles. The van der Waals surface area contributed by atoms with Gasteiger partial charge in [-0.2, -0.15) is 0 Å². The number of methoxy groups -OCH3 is 1. The van der Waals surface area contributed by atoms with Gasteiger partial charge in [0.25, 0.3) is 5.56 Å². The molecular weight excluding hydrogens is 441 g/mol. The Bertz CT molecular complexity index is 1610. The van der Waals surface area contributed by atoms with Gasteiger partial charge in [0.1, 0.15) is 16.3 Å². The fourth-order valence-corrected chi connectivity index (χ4v) is 4.85. The summed E-state index contributed by atoms with van der Waals surface area (Å²) in [4.78, 5) is 33.6. The van der Waals surface area contributed by atoms with Crippen LogP contribution in [0.15, 0.2) is 64.4 Å². The normalized spacial score (nSPS) is 11.3. The second-order valence-corrected chi connectivity index (χ2v) is 8.22. The summed E-state index contributed by atoms with van der Waals surface area (Å²) < 4.78 is 20.8. The van der Waals surface area contributed by atoms with E-state index in [0.717, 1.165) is 4.57 Å². The molecule has 5 rings (SSSR count). The van der Waals surface area contributed by atoms with Crippen LogP contribution in [0.5, 0.6) is 5.75 Å². The molecular formula is C22H13ClFN3O3S. The van der Waals surface area contributed by atoms with E-state index in [4.69, 9.17) is 16.3 Å². The zero-order chi connectivity index (χ0) is 21.7. The van der Waals surface area contributed by atoms with Crippen molar-refractivity contribution in [3.63, 3.8) is 0 Å². The molecule has 0 unspecified atom stereocenters. The highest BCUT2D eigenvalue weighted by Gasteiger charge is 2.17. The molecule has 9 heteroatoms. The molecule has 0 amide bonds. The maximum Gasteiger partial charge on any atom is 0.333 e. The number of pyridine rings is 1. The quantitative estimate of drug-likeness (QED) is 0.427. The van der Waals surface area contributed by atoms with E-state index in [1.165, 1.54) is 35.9 Å². The van der Waals surface area contributed by atoms with Crippen molar-refractivity contribution in [2.24, 2.45) is 0 Å². The Morgan fingerprint density at radius 3 is 2.77 bits per heavy atom. The van der Waals surface area contributed by atoms with Crippen LogP contribution in [0.3, 0.4) is 0 Å². The number of nitrogens with zero attached hydrogens (tertiary/aromatic N) is 2. The van der Waals surface area contributed by atoms with Crippen molar-refractivity contribution in [1.29, 1.82) is 0 Å². The Hall–Kier alpha value is -3.49. The van der Waals surface area contributed by atoms with E-state index in [0.29, 0.717) is 36.8 Å². The number of benzene rings is 2. The standard InChI is InChI=1S/C22H13ClFN3O3S/c1-30-11-5-6-15(23)13(7-11)19-8-17-20(31-19)21(28)27(22(29)26-17)18-10-25-9-14-12(18)3-2-4-16(14)24/h2-10H,1H3,(H,26,29). The van der Waals surface area contributed by atoms with Gasteiger partial charge in [-0.1, -0.05) is 23.7 Å². The number of halogens is 2. The average Bonchev–Trinajstić information content (AvgIpc) is 3.19. The van der Waals surface area contributed by atoms with Crippen molar-refractivity contribution in [2.75, 3.05) is 7.11 Å². The number of nitrogens with one attached hydrogen (secondary N) is 1. The summed E-state index contributed by atoms with van der Waals surface area (Å²) in [6, 6.07) is 11.4. The number of H-pyrrole nitrogens is 1. The zero-order valence-corrected chi connectivity index (χ0v) is 17.6. The summed E-state index contributed by atoms with van der Waals surface area (Å²) in [6.45, 7) is 0. The molecule has 0 aliphatic carbocycles. The largest absolute Gasteiger partial charge is 0.497 e. The fraction of sp³-hybridized carbons (Fsp3) is 0.0455. The maximum absolute atomic E-state index is 14.2. The number of fused-ring (bicyclic) bond motifs is 2. The number of aromatic amines is 1. The van der Waals surface area contributed by atoms with E-state index in [-0.39, 0.29) is 11.1 Å². The van der Waals surface area contributed by atoms with E-state index < -0.39 is 17.1 Å². The van der Waals surface area contributed by atoms with Crippen molar-refractivity contribution >= 4 is 43.9 Å². The first-order chi connectivity index (χ1) is 15.0. The highest BCUT2D eigenvalue weighted by molar-refractivity contribution is 7.22. The molecule has 31 heavy (non-hydrogen) atoms. The van der Waals surface area contributed by atoms with Crippen LogP contribution in [0.2, 0.25) is 5.02 Å². The summed E-state index contributed by atoms with van der Waals surface area (Å²) in [5.41, 5.74) is 0.122. The number of hydrogen-bond donors (Lipinski definition) is 1. The van der Waals surface area contributed by atoms with Crippen LogP contribution in [0, 0.1) is 5.82 Å². The third-order valence-corrected chi connectivity index (χ3v) is 6.47. The number of aromatic nitrogens is 3. The smallest absolute Gasteiger partial charge is 0.333 e. The molecule has 3 aromatic heterocycles. The van der Waals surface area contributed by atoms with Gasteiger partial charge >= 0.3 is 5.69 Å². The maximum atomic E-state index is 14.2. The van der Waals surface area contributed by atoms with E-state index in [1.807, 2.05) is 0 Å². The van der Waals surface area contributed by atoms with Gasteiger partial charge in [-0.3, -0.25) is 9.78 Å². The van der Waals surface area contributed by atoms with Crippen molar-refractivity contribution < 1.29 is 9.13 Å². The molecule has 0 atom stereocenters. The first-order valence-corrected chi connectivity index (χ1v) is 10.3. The van der Waals surface area contributed by atoms with Gasteiger partial charge in [-0.05, 0) is 30.3 Å². The van der Waals surface area contributed by atoms with Crippen molar-refractivity contribution in [1.82, 2.24) is 14.5 Å². The van der Waals surface area contributed by atoms with E-state index in [1.54, 1.807) is 37.4 Å². The van der Waals surface area contributed by atoms with E-state index in [2.05, 4.69) is 9.97 Å². The Morgan fingerprint density at radius 1 is 1.13 bits per heavy atom. The minimum absolute atomic E-state index is 0.208. The van der Waals surface area contributed by atoms with Gasteiger partial charge in [0.15, 0.2) is 0 Å². The molecule has 0 aliphatic rings. The van der Waals surface area contributed by atoms with Crippen LogP contribution >= 0.6 is 22.9 Å². The van der Waals surface area contributed by atoms with Crippen LogP contribution in [0.25, 0.3) is 37.1 Å². The lowest BCUT2D eigenvalue weighted by atomic mass is 10.1.